The van der Waals surface area contributed by atoms with E-state index in [1.807, 2.05) is 36.4 Å². The molecule has 3 heterocycles. The van der Waals surface area contributed by atoms with Crippen molar-refractivity contribution >= 4 is 17.6 Å². The molecule has 4 aromatic rings. The summed E-state index contributed by atoms with van der Waals surface area (Å²) in [4.78, 5) is 13.0. The molecule has 10 heteroatoms. The number of hydrogen-bond acceptors (Lipinski definition) is 9. The van der Waals surface area contributed by atoms with Gasteiger partial charge in [0.2, 0.25) is 0 Å². The quantitative estimate of drug-likeness (QED) is 0.407. The smallest absolute Gasteiger partial charge is 0.268 e. The third kappa shape index (κ3) is 4.49. The number of aromatic nitrogens is 7. The van der Waals surface area contributed by atoms with Gasteiger partial charge in [0.15, 0.2) is 0 Å². The largest absolute Gasteiger partial charge is 0.496 e. The summed E-state index contributed by atoms with van der Waals surface area (Å²) in [7, 11) is 1.69. The van der Waals surface area contributed by atoms with E-state index in [-0.39, 0.29) is 5.92 Å². The first-order valence-corrected chi connectivity index (χ1v) is 9.38. The molecule has 3 N–H and O–H groups in total. The highest BCUT2D eigenvalue weighted by Gasteiger charge is 2.11. The molecule has 0 radical (unpaired) electrons. The number of nitrogens with zero attached hydrogens (tertiary/aromatic N) is 6. The summed E-state index contributed by atoms with van der Waals surface area (Å²) in [6.07, 6.45) is 3.23. The summed E-state index contributed by atoms with van der Waals surface area (Å²) in [6.45, 7) is 2.85. The van der Waals surface area contributed by atoms with E-state index >= 15 is 0 Å². The van der Waals surface area contributed by atoms with E-state index in [0.717, 1.165) is 28.4 Å². The van der Waals surface area contributed by atoms with E-state index in [2.05, 4.69) is 59.2 Å². The molecule has 4 rings (SSSR count). The van der Waals surface area contributed by atoms with E-state index in [1.165, 1.54) is 6.33 Å². The Hall–Kier alpha value is -4.08. The van der Waals surface area contributed by atoms with Crippen molar-refractivity contribution in [2.45, 2.75) is 12.8 Å². The predicted octanol–water partition coefficient (Wildman–Crippen LogP) is 3.02. The van der Waals surface area contributed by atoms with Crippen molar-refractivity contribution < 1.29 is 4.74 Å². The van der Waals surface area contributed by atoms with Crippen LogP contribution >= 0.6 is 0 Å². The molecule has 0 saturated heterocycles. The van der Waals surface area contributed by atoms with Crippen molar-refractivity contribution in [3.8, 4) is 17.0 Å². The maximum absolute atomic E-state index is 5.46. The van der Waals surface area contributed by atoms with Crippen molar-refractivity contribution in [2.75, 3.05) is 24.3 Å². The number of methoxy groups -OCH3 is 1. The fourth-order valence-electron chi connectivity index (χ4n) is 3.04. The normalized spacial score (nSPS) is 11.7. The van der Waals surface area contributed by atoms with Gasteiger partial charge >= 0.3 is 0 Å². The highest BCUT2D eigenvalue weighted by atomic mass is 16.5. The van der Waals surface area contributed by atoms with Crippen LogP contribution in [-0.2, 0) is 0 Å². The fraction of sp³-hybridized carbons (Fsp3) is 0.200. The molecule has 0 aliphatic rings. The SMILES string of the molecule is COc1ccccc1[C@H](C)CNc1cc(-c2ccnc(Nc3nn[nH]n3)c2)ncn1. The zero-order valence-corrected chi connectivity index (χ0v) is 16.6. The number of ether oxygens (including phenoxy) is 1. The first-order chi connectivity index (χ1) is 14.7. The minimum absolute atomic E-state index is 0.242. The molecule has 1 aromatic carbocycles. The highest BCUT2D eigenvalue weighted by molar-refractivity contribution is 5.66. The summed E-state index contributed by atoms with van der Waals surface area (Å²) < 4.78 is 5.46. The van der Waals surface area contributed by atoms with Gasteiger partial charge < -0.3 is 15.4 Å². The monoisotopic (exact) mass is 403 g/mol. The molecule has 0 aliphatic heterocycles. The Morgan fingerprint density at radius 3 is 2.80 bits per heavy atom. The van der Waals surface area contributed by atoms with Gasteiger partial charge in [0.1, 0.15) is 23.7 Å². The standard InChI is InChI=1S/C20H21N9O/c1-13(15-5-3-4-6-17(15)30-2)11-22-18-10-16(23-12-24-18)14-7-8-21-19(9-14)25-20-26-28-29-27-20/h3-10,12-13H,11H2,1-2H3,(H,22,23,24)(H2,21,25,26,27,28,29)/t13-/m1/s1. The number of benzene rings is 1. The second-order valence-electron chi connectivity index (χ2n) is 6.60. The van der Waals surface area contributed by atoms with Gasteiger partial charge in [-0.15, -0.1) is 5.10 Å². The Balaban J connectivity index is 1.46. The van der Waals surface area contributed by atoms with E-state index in [0.29, 0.717) is 18.3 Å². The average molecular weight is 403 g/mol. The van der Waals surface area contributed by atoms with Gasteiger partial charge in [-0.3, -0.25) is 0 Å². The number of nitrogens with one attached hydrogen (secondary N) is 3. The zero-order valence-electron chi connectivity index (χ0n) is 16.6. The number of anilines is 3. The van der Waals surface area contributed by atoms with E-state index in [9.17, 15) is 0 Å². The summed E-state index contributed by atoms with van der Waals surface area (Å²) in [5.41, 5.74) is 2.81. The number of tetrazole rings is 1. The van der Waals surface area contributed by atoms with Crippen LogP contribution in [0.3, 0.4) is 0 Å². The molecule has 0 bridgehead atoms. The maximum Gasteiger partial charge on any atom is 0.268 e. The number of para-hydroxylation sites is 1. The topological polar surface area (TPSA) is 126 Å². The van der Waals surface area contributed by atoms with Crippen LogP contribution in [0.2, 0.25) is 0 Å². The number of pyridine rings is 1. The Kier molecular flexibility index (Phi) is 5.74. The van der Waals surface area contributed by atoms with Gasteiger partial charge in [0, 0.05) is 30.3 Å². The molecule has 0 unspecified atom stereocenters. The molecule has 152 valence electrons. The molecule has 0 spiro atoms. The Morgan fingerprint density at radius 1 is 1.07 bits per heavy atom. The third-order valence-electron chi connectivity index (χ3n) is 4.57. The van der Waals surface area contributed by atoms with Crippen molar-refractivity contribution in [3.63, 3.8) is 0 Å². The van der Waals surface area contributed by atoms with Gasteiger partial charge in [-0.2, -0.15) is 5.21 Å². The van der Waals surface area contributed by atoms with Crippen LogP contribution in [0.25, 0.3) is 11.3 Å². The zero-order chi connectivity index (χ0) is 20.8. The molecule has 0 saturated carbocycles. The molecule has 10 nitrogen and oxygen atoms in total. The van der Waals surface area contributed by atoms with Crippen molar-refractivity contribution in [3.05, 3.63) is 60.6 Å². The molecule has 0 fully saturated rings. The lowest BCUT2D eigenvalue weighted by molar-refractivity contribution is 0.407. The van der Waals surface area contributed by atoms with Gasteiger partial charge in [0.25, 0.3) is 5.95 Å². The molecule has 0 aliphatic carbocycles. The van der Waals surface area contributed by atoms with Crippen LogP contribution in [0, 0.1) is 0 Å². The first-order valence-electron chi connectivity index (χ1n) is 9.38. The second kappa shape index (κ2) is 8.95. The molecule has 0 amide bonds. The lowest BCUT2D eigenvalue weighted by Crippen LogP contribution is -2.12. The maximum atomic E-state index is 5.46. The lowest BCUT2D eigenvalue weighted by atomic mass is 10.00. The van der Waals surface area contributed by atoms with Crippen LogP contribution in [0.15, 0.2) is 55.0 Å². The van der Waals surface area contributed by atoms with E-state index in [4.69, 9.17) is 4.74 Å². The Bertz CT molecular complexity index is 1100. The van der Waals surface area contributed by atoms with Gasteiger partial charge in [0.05, 0.1) is 12.8 Å². The Labute approximate surface area is 173 Å². The minimum atomic E-state index is 0.242. The predicted molar refractivity (Wildman–Crippen MR) is 113 cm³/mol. The highest BCUT2D eigenvalue weighted by Crippen LogP contribution is 2.27. The van der Waals surface area contributed by atoms with E-state index in [1.54, 1.807) is 13.3 Å². The average Bonchev–Trinajstić information content (AvgIpc) is 3.31. The summed E-state index contributed by atoms with van der Waals surface area (Å²) in [5.74, 6) is 2.80. The fourth-order valence-corrected chi connectivity index (χ4v) is 3.04. The number of aromatic amines is 1. The number of rotatable bonds is 8. The van der Waals surface area contributed by atoms with E-state index < -0.39 is 0 Å². The molecule has 30 heavy (non-hydrogen) atoms. The minimum Gasteiger partial charge on any atom is -0.496 e. The number of H-pyrrole nitrogens is 1. The van der Waals surface area contributed by atoms with Crippen molar-refractivity contribution in [2.24, 2.45) is 0 Å². The Morgan fingerprint density at radius 2 is 1.97 bits per heavy atom. The lowest BCUT2D eigenvalue weighted by Gasteiger charge is -2.16. The van der Waals surface area contributed by atoms with Crippen molar-refractivity contribution in [1.82, 2.24) is 35.6 Å². The molecular formula is C20H21N9O. The van der Waals surface area contributed by atoms with Crippen LogP contribution in [0.5, 0.6) is 5.75 Å². The molecule has 1 atom stereocenters. The molecule has 3 aromatic heterocycles. The van der Waals surface area contributed by atoms with Crippen LogP contribution in [-0.4, -0.2) is 49.2 Å². The first kappa shape index (κ1) is 19.2. The van der Waals surface area contributed by atoms with Gasteiger partial charge in [-0.25, -0.2) is 15.0 Å². The van der Waals surface area contributed by atoms with Crippen LogP contribution in [0.1, 0.15) is 18.4 Å². The van der Waals surface area contributed by atoms with Gasteiger partial charge in [-0.05, 0) is 29.0 Å². The summed E-state index contributed by atoms with van der Waals surface area (Å²) >= 11 is 0. The van der Waals surface area contributed by atoms with Crippen LogP contribution in [0.4, 0.5) is 17.6 Å². The van der Waals surface area contributed by atoms with Crippen molar-refractivity contribution in [1.29, 1.82) is 0 Å². The summed E-state index contributed by atoms with van der Waals surface area (Å²) in [6, 6.07) is 13.7. The summed E-state index contributed by atoms with van der Waals surface area (Å²) in [5, 5.41) is 20.0. The third-order valence-corrected chi connectivity index (χ3v) is 4.57. The second-order valence-corrected chi connectivity index (χ2v) is 6.60. The van der Waals surface area contributed by atoms with Gasteiger partial charge in [-0.1, -0.05) is 30.2 Å². The van der Waals surface area contributed by atoms with Crippen LogP contribution < -0.4 is 15.4 Å². The number of hydrogen-bond donors (Lipinski definition) is 3. The molecular weight excluding hydrogens is 382 g/mol.